The maximum atomic E-state index is 5.77. The van der Waals surface area contributed by atoms with Gasteiger partial charge in [-0.15, -0.1) is 0 Å². The largest absolute Gasteiger partial charge is 0.493 e. The highest BCUT2D eigenvalue weighted by Gasteiger charge is 2.06. The Labute approximate surface area is 117 Å². The van der Waals surface area contributed by atoms with Crippen molar-refractivity contribution in [2.75, 3.05) is 20.3 Å². The van der Waals surface area contributed by atoms with Crippen LogP contribution in [0.5, 0.6) is 11.5 Å². The van der Waals surface area contributed by atoms with Crippen LogP contribution in [0, 0.1) is 5.92 Å². The predicted molar refractivity (Wildman–Crippen MR) is 79.9 cm³/mol. The lowest BCUT2D eigenvalue weighted by atomic mass is 10.1. The van der Waals surface area contributed by atoms with Crippen molar-refractivity contribution in [1.29, 1.82) is 0 Å². The summed E-state index contributed by atoms with van der Waals surface area (Å²) < 4.78 is 11.2. The molecule has 0 aliphatic rings. The number of hydrogen-bond acceptors (Lipinski definition) is 3. The molecular formula is C16H27NO2. The topological polar surface area (TPSA) is 30.5 Å². The van der Waals surface area contributed by atoms with E-state index in [-0.39, 0.29) is 0 Å². The Morgan fingerprint density at radius 1 is 1.21 bits per heavy atom. The first-order valence-electron chi connectivity index (χ1n) is 7.17. The normalized spacial score (nSPS) is 10.8. The van der Waals surface area contributed by atoms with Crippen LogP contribution < -0.4 is 14.8 Å². The molecule has 0 amide bonds. The minimum atomic E-state index is 0.656. The van der Waals surface area contributed by atoms with Gasteiger partial charge in [0.15, 0.2) is 11.5 Å². The molecule has 0 aliphatic heterocycles. The molecule has 0 aliphatic carbocycles. The number of nitrogens with one attached hydrogen (secondary N) is 1. The molecule has 0 bridgehead atoms. The Balaban J connectivity index is 2.57. The number of hydrogen-bond donors (Lipinski definition) is 1. The Morgan fingerprint density at radius 3 is 2.63 bits per heavy atom. The van der Waals surface area contributed by atoms with Crippen molar-refractivity contribution < 1.29 is 9.47 Å². The van der Waals surface area contributed by atoms with Gasteiger partial charge in [0.2, 0.25) is 0 Å². The van der Waals surface area contributed by atoms with Gasteiger partial charge in [0.1, 0.15) is 0 Å². The summed E-state index contributed by atoms with van der Waals surface area (Å²) in [7, 11) is 1.69. The molecular weight excluding hydrogens is 238 g/mol. The van der Waals surface area contributed by atoms with Crippen LogP contribution >= 0.6 is 0 Å². The molecule has 3 nitrogen and oxygen atoms in total. The zero-order chi connectivity index (χ0) is 14.1. The van der Waals surface area contributed by atoms with Gasteiger partial charge in [0, 0.05) is 6.54 Å². The highest BCUT2D eigenvalue weighted by molar-refractivity contribution is 5.42. The van der Waals surface area contributed by atoms with Gasteiger partial charge in [-0.3, -0.25) is 0 Å². The lowest BCUT2D eigenvalue weighted by Crippen LogP contribution is -2.13. The van der Waals surface area contributed by atoms with Gasteiger partial charge in [0.05, 0.1) is 13.7 Å². The maximum absolute atomic E-state index is 5.77. The molecule has 0 unspecified atom stereocenters. The maximum Gasteiger partial charge on any atom is 0.161 e. The molecule has 108 valence electrons. The molecule has 0 saturated heterocycles. The quantitative estimate of drug-likeness (QED) is 0.692. The van der Waals surface area contributed by atoms with Crippen molar-refractivity contribution >= 4 is 0 Å². The van der Waals surface area contributed by atoms with E-state index < -0.39 is 0 Å². The number of benzene rings is 1. The fraction of sp³-hybridized carbons (Fsp3) is 0.625. The second-order valence-corrected chi connectivity index (χ2v) is 5.19. The van der Waals surface area contributed by atoms with E-state index in [2.05, 4.69) is 32.2 Å². The van der Waals surface area contributed by atoms with Gasteiger partial charge >= 0.3 is 0 Å². The van der Waals surface area contributed by atoms with Crippen molar-refractivity contribution in [3.05, 3.63) is 23.8 Å². The van der Waals surface area contributed by atoms with E-state index in [1.54, 1.807) is 7.11 Å². The Morgan fingerprint density at radius 2 is 2.00 bits per heavy atom. The third-order valence-electron chi connectivity index (χ3n) is 2.94. The molecule has 0 radical (unpaired) electrons. The molecule has 1 aromatic carbocycles. The third kappa shape index (κ3) is 5.97. The molecule has 3 heteroatoms. The van der Waals surface area contributed by atoms with Crippen LogP contribution in [-0.4, -0.2) is 20.3 Å². The summed E-state index contributed by atoms with van der Waals surface area (Å²) in [4.78, 5) is 0. The Bertz CT molecular complexity index is 364. The van der Waals surface area contributed by atoms with Crippen molar-refractivity contribution in [1.82, 2.24) is 5.32 Å². The molecule has 1 N–H and O–H groups in total. The molecule has 0 aromatic heterocycles. The number of methoxy groups -OCH3 is 1. The fourth-order valence-electron chi connectivity index (χ4n) is 1.76. The molecule has 19 heavy (non-hydrogen) atoms. The van der Waals surface area contributed by atoms with Gasteiger partial charge in [-0.05, 0) is 43.0 Å². The highest BCUT2D eigenvalue weighted by Crippen LogP contribution is 2.28. The van der Waals surface area contributed by atoms with Crippen molar-refractivity contribution in [3.63, 3.8) is 0 Å². The summed E-state index contributed by atoms with van der Waals surface area (Å²) in [5.74, 6) is 2.31. The van der Waals surface area contributed by atoms with Crippen molar-refractivity contribution in [2.24, 2.45) is 5.92 Å². The molecule has 0 saturated carbocycles. The van der Waals surface area contributed by atoms with Crippen LogP contribution in [0.4, 0.5) is 0 Å². The Kier molecular flexibility index (Phi) is 7.34. The Hall–Kier alpha value is -1.22. The van der Waals surface area contributed by atoms with Gasteiger partial charge in [0.25, 0.3) is 0 Å². The SMILES string of the molecule is CCCNCc1ccc(OCCC(C)C)c(OC)c1. The summed E-state index contributed by atoms with van der Waals surface area (Å²) >= 11 is 0. The summed E-state index contributed by atoms with van der Waals surface area (Å²) in [6.45, 7) is 9.21. The second kappa shape index (κ2) is 8.81. The molecule has 0 heterocycles. The van der Waals surface area contributed by atoms with Crippen molar-refractivity contribution in [3.8, 4) is 11.5 Å². The third-order valence-corrected chi connectivity index (χ3v) is 2.94. The lowest BCUT2D eigenvalue weighted by Gasteiger charge is -2.13. The number of ether oxygens (including phenoxy) is 2. The predicted octanol–water partition coefficient (Wildman–Crippen LogP) is 3.62. The second-order valence-electron chi connectivity index (χ2n) is 5.19. The van der Waals surface area contributed by atoms with E-state index in [4.69, 9.17) is 9.47 Å². The van der Waals surface area contributed by atoms with Crippen LogP contribution in [0.1, 0.15) is 39.2 Å². The van der Waals surface area contributed by atoms with Crippen molar-refractivity contribution in [2.45, 2.75) is 40.2 Å². The van der Waals surface area contributed by atoms with Crippen LogP contribution in [0.3, 0.4) is 0 Å². The zero-order valence-corrected chi connectivity index (χ0v) is 12.7. The molecule has 1 rings (SSSR count). The summed E-state index contributed by atoms with van der Waals surface area (Å²) in [5.41, 5.74) is 1.22. The highest BCUT2D eigenvalue weighted by atomic mass is 16.5. The molecule has 0 spiro atoms. The summed E-state index contributed by atoms with van der Waals surface area (Å²) in [5, 5.41) is 3.38. The average molecular weight is 265 g/mol. The first kappa shape index (κ1) is 15.8. The van der Waals surface area contributed by atoms with Gasteiger partial charge in [-0.25, -0.2) is 0 Å². The van der Waals surface area contributed by atoms with E-state index in [0.29, 0.717) is 5.92 Å². The minimum absolute atomic E-state index is 0.656. The van der Waals surface area contributed by atoms with E-state index in [9.17, 15) is 0 Å². The van der Waals surface area contributed by atoms with Crippen LogP contribution in [0.15, 0.2) is 18.2 Å². The van der Waals surface area contributed by atoms with Crippen LogP contribution in [0.2, 0.25) is 0 Å². The van der Waals surface area contributed by atoms with Gasteiger partial charge < -0.3 is 14.8 Å². The monoisotopic (exact) mass is 265 g/mol. The molecule has 0 atom stereocenters. The van der Waals surface area contributed by atoms with E-state index in [1.165, 1.54) is 5.56 Å². The summed E-state index contributed by atoms with van der Waals surface area (Å²) in [6, 6.07) is 6.14. The first-order valence-corrected chi connectivity index (χ1v) is 7.17. The van der Waals surface area contributed by atoms with Gasteiger partial charge in [-0.1, -0.05) is 26.8 Å². The average Bonchev–Trinajstić information content (AvgIpc) is 2.40. The molecule has 1 aromatic rings. The fourth-order valence-corrected chi connectivity index (χ4v) is 1.76. The van der Waals surface area contributed by atoms with E-state index >= 15 is 0 Å². The smallest absolute Gasteiger partial charge is 0.161 e. The zero-order valence-electron chi connectivity index (χ0n) is 12.7. The first-order chi connectivity index (χ1) is 9.17. The van der Waals surface area contributed by atoms with E-state index in [0.717, 1.165) is 44.0 Å². The van der Waals surface area contributed by atoms with Crippen LogP contribution in [0.25, 0.3) is 0 Å². The lowest BCUT2D eigenvalue weighted by molar-refractivity contribution is 0.273. The minimum Gasteiger partial charge on any atom is -0.493 e. The van der Waals surface area contributed by atoms with Crippen LogP contribution in [-0.2, 0) is 6.54 Å². The number of rotatable bonds is 9. The standard InChI is InChI=1S/C16H27NO2/c1-5-9-17-12-14-6-7-15(16(11-14)18-4)19-10-8-13(2)3/h6-7,11,13,17H,5,8-10,12H2,1-4H3. The van der Waals surface area contributed by atoms with Gasteiger partial charge in [-0.2, -0.15) is 0 Å². The summed E-state index contributed by atoms with van der Waals surface area (Å²) in [6.07, 6.45) is 2.20. The van der Waals surface area contributed by atoms with E-state index in [1.807, 2.05) is 12.1 Å². The molecule has 0 fully saturated rings.